The lowest BCUT2D eigenvalue weighted by atomic mass is 10.1. The van der Waals surface area contributed by atoms with E-state index in [1.54, 1.807) is 22.6 Å². The second-order valence-corrected chi connectivity index (χ2v) is 4.72. The summed E-state index contributed by atoms with van der Waals surface area (Å²) in [5, 5.41) is -0.702. The molecule has 1 aromatic carbocycles. The van der Waals surface area contributed by atoms with Crippen molar-refractivity contribution in [2.45, 2.75) is 18.7 Å². The van der Waals surface area contributed by atoms with Gasteiger partial charge in [0.15, 0.2) is 5.78 Å². The van der Waals surface area contributed by atoms with Gasteiger partial charge in [0.2, 0.25) is 0 Å². The first-order valence-electron chi connectivity index (χ1n) is 4.20. The maximum atomic E-state index is 12.5. The molecule has 0 fully saturated rings. The summed E-state index contributed by atoms with van der Waals surface area (Å²) < 4.78 is 25.3. The molecular weight excluding hydrogens is 336 g/mol. The van der Waals surface area contributed by atoms with E-state index in [2.05, 4.69) is 0 Å². The molecule has 1 rings (SSSR count). The van der Waals surface area contributed by atoms with Crippen LogP contribution in [0.3, 0.4) is 0 Å². The zero-order valence-corrected chi connectivity index (χ0v) is 10.7. The molecule has 1 atom stereocenters. The molecule has 5 heteroatoms. The third-order valence-corrected chi connectivity index (χ3v) is 3.29. The van der Waals surface area contributed by atoms with Crippen molar-refractivity contribution in [2.75, 3.05) is 0 Å². The largest absolute Gasteiger partial charge is 0.292 e. The Morgan fingerprint density at radius 1 is 1.47 bits per heavy atom. The van der Waals surface area contributed by atoms with E-state index in [0.717, 1.165) is 0 Å². The van der Waals surface area contributed by atoms with E-state index >= 15 is 0 Å². The average Bonchev–Trinajstić information content (AvgIpc) is 2.16. The van der Waals surface area contributed by atoms with Gasteiger partial charge in [-0.1, -0.05) is 18.2 Å². The van der Waals surface area contributed by atoms with Gasteiger partial charge < -0.3 is 0 Å². The smallest absolute Gasteiger partial charge is 0.264 e. The molecule has 0 saturated heterocycles. The average molecular weight is 345 g/mol. The SMILES string of the molecule is CC(Cl)C(=O)c1cccc(C(F)F)c1I. The number of halogens is 4. The van der Waals surface area contributed by atoms with Gasteiger partial charge in [0.25, 0.3) is 6.43 Å². The van der Waals surface area contributed by atoms with Gasteiger partial charge >= 0.3 is 0 Å². The molecule has 15 heavy (non-hydrogen) atoms. The molecule has 0 spiro atoms. The van der Waals surface area contributed by atoms with Crippen molar-refractivity contribution >= 4 is 40.0 Å². The monoisotopic (exact) mass is 344 g/mol. The minimum Gasteiger partial charge on any atom is -0.292 e. The Labute approximate surface area is 105 Å². The van der Waals surface area contributed by atoms with E-state index in [1.807, 2.05) is 0 Å². The fourth-order valence-corrected chi connectivity index (χ4v) is 2.10. The van der Waals surface area contributed by atoms with Crippen molar-refractivity contribution in [3.8, 4) is 0 Å². The Balaban J connectivity index is 3.21. The highest BCUT2D eigenvalue weighted by Gasteiger charge is 2.20. The number of hydrogen-bond acceptors (Lipinski definition) is 1. The molecule has 82 valence electrons. The number of rotatable bonds is 3. The summed E-state index contributed by atoms with van der Waals surface area (Å²) in [4.78, 5) is 11.6. The van der Waals surface area contributed by atoms with Crippen LogP contribution in [-0.2, 0) is 0 Å². The van der Waals surface area contributed by atoms with Crippen LogP contribution in [0.2, 0.25) is 0 Å². The van der Waals surface area contributed by atoms with Crippen molar-refractivity contribution in [1.82, 2.24) is 0 Å². The molecule has 0 radical (unpaired) electrons. The molecular formula is C10H8ClF2IO. The number of carbonyl (C=O) groups is 1. The molecule has 0 N–H and O–H groups in total. The second kappa shape index (κ2) is 5.21. The summed E-state index contributed by atoms with van der Waals surface area (Å²) >= 11 is 7.37. The lowest BCUT2D eigenvalue weighted by molar-refractivity contribution is 0.0990. The third kappa shape index (κ3) is 2.87. The second-order valence-electron chi connectivity index (χ2n) is 2.99. The Bertz CT molecular complexity index is 380. The first kappa shape index (κ1) is 12.8. The Kier molecular flexibility index (Phi) is 4.45. The first-order valence-corrected chi connectivity index (χ1v) is 5.71. The predicted molar refractivity (Wildman–Crippen MR) is 63.8 cm³/mol. The fraction of sp³-hybridized carbons (Fsp3) is 0.300. The van der Waals surface area contributed by atoms with E-state index < -0.39 is 11.8 Å². The van der Waals surface area contributed by atoms with Crippen LogP contribution in [0.25, 0.3) is 0 Å². The van der Waals surface area contributed by atoms with E-state index in [-0.39, 0.29) is 20.5 Å². The summed E-state index contributed by atoms with van der Waals surface area (Å²) in [7, 11) is 0. The van der Waals surface area contributed by atoms with Gasteiger partial charge in [0, 0.05) is 14.7 Å². The van der Waals surface area contributed by atoms with Crippen LogP contribution in [0.1, 0.15) is 29.3 Å². The molecule has 0 heterocycles. The summed E-state index contributed by atoms with van der Waals surface area (Å²) in [6, 6.07) is 4.26. The molecule has 0 aromatic heterocycles. The van der Waals surface area contributed by atoms with Crippen molar-refractivity contribution in [3.05, 3.63) is 32.9 Å². The standard InChI is InChI=1S/C10H8ClF2IO/c1-5(11)9(15)6-3-2-4-7(8(6)14)10(12)13/h2-5,10H,1H3. The van der Waals surface area contributed by atoms with Crippen molar-refractivity contribution < 1.29 is 13.6 Å². The topological polar surface area (TPSA) is 17.1 Å². The molecule has 0 aliphatic rings. The zero-order chi connectivity index (χ0) is 11.6. The molecule has 1 aromatic rings. The first-order chi connectivity index (χ1) is 6.95. The van der Waals surface area contributed by atoms with Crippen LogP contribution < -0.4 is 0 Å². The van der Waals surface area contributed by atoms with Gasteiger partial charge in [-0.15, -0.1) is 11.6 Å². The number of hydrogen-bond donors (Lipinski definition) is 0. The molecule has 0 bridgehead atoms. The minimum absolute atomic E-state index is 0.126. The van der Waals surface area contributed by atoms with Gasteiger partial charge in [-0.3, -0.25) is 4.79 Å². The van der Waals surface area contributed by atoms with Crippen LogP contribution in [0, 0.1) is 3.57 Å². The third-order valence-electron chi connectivity index (χ3n) is 1.89. The van der Waals surface area contributed by atoms with Crippen molar-refractivity contribution in [2.24, 2.45) is 0 Å². The summed E-state index contributed by atoms with van der Waals surface area (Å²) in [5.41, 5.74) is 0.134. The number of benzene rings is 1. The summed E-state index contributed by atoms with van der Waals surface area (Å²) in [6.45, 7) is 1.52. The quantitative estimate of drug-likeness (QED) is 0.459. The minimum atomic E-state index is -2.57. The van der Waals surface area contributed by atoms with Gasteiger partial charge in [0.1, 0.15) is 0 Å². The maximum Gasteiger partial charge on any atom is 0.264 e. The van der Waals surface area contributed by atoms with Gasteiger partial charge in [0.05, 0.1) is 5.38 Å². The predicted octanol–water partition coefficient (Wildman–Crippen LogP) is 4.04. The zero-order valence-electron chi connectivity index (χ0n) is 7.81. The molecule has 0 aliphatic heterocycles. The summed E-state index contributed by atoms with van der Waals surface area (Å²) in [5.74, 6) is -0.330. The van der Waals surface area contributed by atoms with Crippen molar-refractivity contribution in [3.63, 3.8) is 0 Å². The molecule has 0 amide bonds. The number of ketones is 1. The van der Waals surface area contributed by atoms with E-state index in [1.165, 1.54) is 25.1 Å². The Morgan fingerprint density at radius 2 is 2.07 bits per heavy atom. The van der Waals surface area contributed by atoms with Crippen LogP contribution in [-0.4, -0.2) is 11.2 Å². The van der Waals surface area contributed by atoms with Crippen LogP contribution in [0.15, 0.2) is 18.2 Å². The number of Topliss-reactive ketones (excluding diaryl/α,β-unsaturated/α-hetero) is 1. The van der Waals surface area contributed by atoms with Crippen molar-refractivity contribution in [1.29, 1.82) is 0 Å². The molecule has 1 unspecified atom stereocenters. The lowest BCUT2D eigenvalue weighted by Crippen LogP contribution is -2.13. The van der Waals surface area contributed by atoms with Gasteiger partial charge in [-0.05, 0) is 29.5 Å². The van der Waals surface area contributed by atoms with E-state index in [0.29, 0.717) is 0 Å². The summed E-state index contributed by atoms with van der Waals surface area (Å²) in [6.07, 6.45) is -2.57. The van der Waals surface area contributed by atoms with E-state index in [4.69, 9.17) is 11.6 Å². The number of carbonyl (C=O) groups excluding carboxylic acids is 1. The number of alkyl halides is 3. The van der Waals surface area contributed by atoms with Gasteiger partial charge in [-0.25, -0.2) is 8.78 Å². The maximum absolute atomic E-state index is 12.5. The van der Waals surface area contributed by atoms with E-state index in [9.17, 15) is 13.6 Å². The highest BCUT2D eigenvalue weighted by atomic mass is 127. The molecule has 1 nitrogen and oxygen atoms in total. The normalized spacial score (nSPS) is 12.9. The lowest BCUT2D eigenvalue weighted by Gasteiger charge is -2.09. The van der Waals surface area contributed by atoms with Crippen LogP contribution >= 0.6 is 34.2 Å². The van der Waals surface area contributed by atoms with Crippen LogP contribution in [0.5, 0.6) is 0 Å². The molecule has 0 aliphatic carbocycles. The Hall–Kier alpha value is -0.230. The van der Waals surface area contributed by atoms with Crippen LogP contribution in [0.4, 0.5) is 8.78 Å². The molecule has 0 saturated carbocycles. The van der Waals surface area contributed by atoms with Gasteiger partial charge in [-0.2, -0.15) is 0 Å². The Morgan fingerprint density at radius 3 is 2.53 bits per heavy atom. The fourth-order valence-electron chi connectivity index (χ4n) is 1.12. The highest BCUT2D eigenvalue weighted by molar-refractivity contribution is 14.1. The highest BCUT2D eigenvalue weighted by Crippen LogP contribution is 2.27.